The fraction of sp³-hybridized carbons (Fsp3) is 0.185. The van der Waals surface area contributed by atoms with Crippen LogP contribution in [-0.4, -0.2) is 42.0 Å². The van der Waals surface area contributed by atoms with Crippen LogP contribution in [0.2, 0.25) is 0 Å². The minimum atomic E-state index is 0.0543. The molecule has 1 aliphatic heterocycles. The van der Waals surface area contributed by atoms with Crippen LogP contribution in [-0.2, 0) is 0 Å². The fourth-order valence-electron chi connectivity index (χ4n) is 4.08. The first-order valence-electron chi connectivity index (χ1n) is 11.2. The molecule has 3 aromatic carbocycles. The number of hydrogen-bond donors (Lipinski definition) is 2. The number of carbonyl (C=O) groups excluding carboxylic acids is 1. The predicted octanol–water partition coefficient (Wildman–Crippen LogP) is 5.61. The van der Waals surface area contributed by atoms with Crippen LogP contribution in [0.25, 0.3) is 10.9 Å². The Hall–Kier alpha value is -3.71. The Labute approximate surface area is 203 Å². The number of anilines is 2. The van der Waals surface area contributed by atoms with E-state index in [1.165, 1.54) is 11.9 Å². The first-order valence-corrected chi connectivity index (χ1v) is 12.0. The summed E-state index contributed by atoms with van der Waals surface area (Å²) in [7, 11) is 1.66. The summed E-state index contributed by atoms with van der Waals surface area (Å²) in [6.07, 6.45) is 1.81. The molecule has 1 fully saturated rings. The minimum Gasteiger partial charge on any atom is -0.495 e. The molecule has 0 unspecified atom stereocenters. The van der Waals surface area contributed by atoms with E-state index in [1.807, 2.05) is 72.6 Å². The van der Waals surface area contributed by atoms with Gasteiger partial charge >= 0.3 is 0 Å². The van der Waals surface area contributed by atoms with E-state index in [9.17, 15) is 4.79 Å². The van der Waals surface area contributed by atoms with Crippen molar-refractivity contribution in [1.29, 1.82) is 0 Å². The lowest BCUT2D eigenvalue weighted by molar-refractivity contribution is 0.0625. The lowest BCUT2D eigenvalue weighted by Crippen LogP contribution is -2.57. The number of fused-ring (bicyclic) bond motifs is 1. The number of rotatable bonds is 7. The van der Waals surface area contributed by atoms with Crippen molar-refractivity contribution in [3.05, 3.63) is 90.1 Å². The second-order valence-electron chi connectivity index (χ2n) is 8.32. The molecule has 0 saturated carbocycles. The standard InChI is InChI=1S/C27H26N4O2S/c1-18-15-20(27(32)31-16-21(17-31)29-23-9-3-4-10-24(23)33-2)12-13-22(18)30-34-25-11-5-7-19-8-6-14-28-26(19)25/h3-15,21,29-30H,16-17H2,1-2H3. The van der Waals surface area contributed by atoms with Crippen LogP contribution in [0.3, 0.4) is 0 Å². The second-order valence-corrected chi connectivity index (χ2v) is 9.16. The van der Waals surface area contributed by atoms with Crippen LogP contribution < -0.4 is 14.8 Å². The van der Waals surface area contributed by atoms with Gasteiger partial charge in [0, 0.05) is 35.9 Å². The highest BCUT2D eigenvalue weighted by molar-refractivity contribution is 8.00. The summed E-state index contributed by atoms with van der Waals surface area (Å²) >= 11 is 1.53. The van der Waals surface area contributed by atoms with Gasteiger partial charge in [-0.25, -0.2) is 0 Å². The van der Waals surface area contributed by atoms with Gasteiger partial charge in [0.15, 0.2) is 0 Å². The maximum atomic E-state index is 13.0. The summed E-state index contributed by atoms with van der Waals surface area (Å²) in [6, 6.07) is 24.0. The number of aromatic nitrogens is 1. The van der Waals surface area contributed by atoms with Crippen molar-refractivity contribution in [2.45, 2.75) is 17.9 Å². The topological polar surface area (TPSA) is 66.5 Å². The molecule has 4 aromatic rings. The third-order valence-electron chi connectivity index (χ3n) is 5.98. The van der Waals surface area contributed by atoms with Gasteiger partial charge < -0.3 is 19.7 Å². The molecule has 172 valence electrons. The molecule has 1 aliphatic rings. The molecular formula is C27H26N4O2S. The highest BCUT2D eigenvalue weighted by Gasteiger charge is 2.31. The van der Waals surface area contributed by atoms with E-state index in [0.29, 0.717) is 18.7 Å². The smallest absolute Gasteiger partial charge is 0.254 e. The van der Waals surface area contributed by atoms with E-state index in [0.717, 1.165) is 38.5 Å². The van der Waals surface area contributed by atoms with Gasteiger partial charge in [-0.05, 0) is 66.9 Å². The highest BCUT2D eigenvalue weighted by Crippen LogP contribution is 2.30. The molecule has 1 amide bonds. The molecule has 0 radical (unpaired) electrons. The van der Waals surface area contributed by atoms with E-state index >= 15 is 0 Å². The van der Waals surface area contributed by atoms with Crippen LogP contribution in [0.15, 0.2) is 83.9 Å². The van der Waals surface area contributed by atoms with E-state index < -0.39 is 0 Å². The van der Waals surface area contributed by atoms with Crippen molar-refractivity contribution < 1.29 is 9.53 Å². The number of carbonyl (C=O) groups is 1. The normalized spacial score (nSPS) is 13.4. The van der Waals surface area contributed by atoms with Gasteiger partial charge in [-0.3, -0.25) is 9.78 Å². The molecule has 1 saturated heterocycles. The Morgan fingerprint density at radius 1 is 1.03 bits per heavy atom. The maximum Gasteiger partial charge on any atom is 0.254 e. The number of hydrogen-bond acceptors (Lipinski definition) is 6. The number of likely N-dealkylation sites (tertiary alicyclic amines) is 1. The number of para-hydroxylation sites is 3. The van der Waals surface area contributed by atoms with Crippen LogP contribution in [0, 0.1) is 6.92 Å². The van der Waals surface area contributed by atoms with E-state index in [1.54, 1.807) is 7.11 Å². The lowest BCUT2D eigenvalue weighted by Gasteiger charge is -2.40. The van der Waals surface area contributed by atoms with Crippen LogP contribution in [0.4, 0.5) is 11.4 Å². The number of benzene rings is 3. The predicted molar refractivity (Wildman–Crippen MR) is 139 cm³/mol. The van der Waals surface area contributed by atoms with Gasteiger partial charge in [0.1, 0.15) is 5.75 Å². The molecule has 0 atom stereocenters. The number of amides is 1. The fourth-order valence-corrected chi connectivity index (χ4v) is 4.94. The average molecular weight is 471 g/mol. The zero-order chi connectivity index (χ0) is 23.5. The molecule has 7 heteroatoms. The molecule has 1 aromatic heterocycles. The molecule has 0 spiro atoms. The molecule has 0 bridgehead atoms. The van der Waals surface area contributed by atoms with Crippen molar-refractivity contribution in [3.63, 3.8) is 0 Å². The first-order chi connectivity index (χ1) is 16.6. The highest BCUT2D eigenvalue weighted by atomic mass is 32.2. The summed E-state index contributed by atoms with van der Waals surface area (Å²) in [6.45, 7) is 3.35. The molecular weight excluding hydrogens is 444 g/mol. The molecule has 2 heterocycles. The maximum absolute atomic E-state index is 13.0. The number of nitrogens with zero attached hydrogens (tertiary/aromatic N) is 2. The van der Waals surface area contributed by atoms with Crippen LogP contribution in [0.5, 0.6) is 5.75 Å². The summed E-state index contributed by atoms with van der Waals surface area (Å²) in [4.78, 5) is 20.4. The van der Waals surface area contributed by atoms with Gasteiger partial charge in [-0.1, -0.05) is 30.3 Å². The number of nitrogens with one attached hydrogen (secondary N) is 2. The van der Waals surface area contributed by atoms with Crippen molar-refractivity contribution >= 4 is 40.1 Å². The zero-order valence-corrected chi connectivity index (χ0v) is 19.9. The first kappa shape index (κ1) is 22.1. The van der Waals surface area contributed by atoms with Crippen LogP contribution >= 0.6 is 11.9 Å². The average Bonchev–Trinajstić information content (AvgIpc) is 2.85. The zero-order valence-electron chi connectivity index (χ0n) is 19.1. The van der Waals surface area contributed by atoms with E-state index in [2.05, 4.69) is 33.2 Å². The molecule has 2 N–H and O–H groups in total. The summed E-state index contributed by atoms with van der Waals surface area (Å²) < 4.78 is 8.82. The SMILES string of the molecule is COc1ccccc1NC1CN(C(=O)c2ccc(NSc3cccc4cccnc34)c(C)c2)C1. The van der Waals surface area contributed by atoms with E-state index in [-0.39, 0.29) is 11.9 Å². The summed E-state index contributed by atoms with van der Waals surface area (Å²) in [5, 5.41) is 4.57. The van der Waals surface area contributed by atoms with Gasteiger partial charge in [-0.2, -0.15) is 0 Å². The van der Waals surface area contributed by atoms with E-state index in [4.69, 9.17) is 4.74 Å². The summed E-state index contributed by atoms with van der Waals surface area (Å²) in [5.41, 5.74) is 4.63. The Bertz CT molecular complexity index is 1330. The number of pyridine rings is 1. The molecule has 6 nitrogen and oxygen atoms in total. The number of methoxy groups -OCH3 is 1. The Morgan fingerprint density at radius 3 is 2.68 bits per heavy atom. The van der Waals surface area contributed by atoms with Crippen LogP contribution in [0.1, 0.15) is 15.9 Å². The van der Waals surface area contributed by atoms with Gasteiger partial charge in [0.25, 0.3) is 5.91 Å². The molecule has 5 rings (SSSR count). The van der Waals surface area contributed by atoms with Gasteiger partial charge in [0.2, 0.25) is 0 Å². The Morgan fingerprint density at radius 2 is 1.85 bits per heavy atom. The summed E-state index contributed by atoms with van der Waals surface area (Å²) in [5.74, 6) is 0.863. The Balaban J connectivity index is 1.20. The second kappa shape index (κ2) is 9.65. The number of ether oxygens (including phenoxy) is 1. The van der Waals surface area contributed by atoms with Crippen molar-refractivity contribution in [2.24, 2.45) is 0 Å². The quantitative estimate of drug-likeness (QED) is 0.343. The third kappa shape index (κ3) is 4.52. The Kier molecular flexibility index (Phi) is 6.27. The molecule has 0 aliphatic carbocycles. The van der Waals surface area contributed by atoms with Crippen molar-refractivity contribution in [2.75, 3.05) is 30.2 Å². The third-order valence-corrected chi connectivity index (χ3v) is 6.85. The lowest BCUT2D eigenvalue weighted by atomic mass is 10.0. The van der Waals surface area contributed by atoms with Gasteiger partial charge in [0.05, 0.1) is 29.3 Å². The largest absolute Gasteiger partial charge is 0.495 e. The number of aryl methyl sites for hydroxylation is 1. The minimum absolute atomic E-state index is 0.0543. The van der Waals surface area contributed by atoms with Gasteiger partial charge in [-0.15, -0.1) is 0 Å². The van der Waals surface area contributed by atoms with Crippen molar-refractivity contribution in [1.82, 2.24) is 9.88 Å². The monoisotopic (exact) mass is 470 g/mol. The molecule has 34 heavy (non-hydrogen) atoms. The van der Waals surface area contributed by atoms with Crippen molar-refractivity contribution in [3.8, 4) is 5.75 Å².